The Balaban J connectivity index is 1.80. The maximum atomic E-state index is 12.7. The van der Waals surface area contributed by atoms with Crippen molar-refractivity contribution in [2.45, 2.75) is 26.2 Å². The van der Waals surface area contributed by atoms with E-state index in [1.165, 1.54) is 11.3 Å². The van der Waals surface area contributed by atoms with Crippen molar-refractivity contribution in [1.82, 2.24) is 4.98 Å². The second kappa shape index (κ2) is 7.41. The minimum atomic E-state index is -0.157. The first kappa shape index (κ1) is 16.4. The quantitative estimate of drug-likeness (QED) is 0.691. The van der Waals surface area contributed by atoms with Crippen molar-refractivity contribution < 1.29 is 4.79 Å². The van der Waals surface area contributed by atoms with Crippen molar-refractivity contribution in [1.29, 1.82) is 0 Å². The van der Waals surface area contributed by atoms with E-state index in [2.05, 4.69) is 10.3 Å². The molecule has 0 saturated heterocycles. The molecule has 0 radical (unpaired) electrons. The Morgan fingerprint density at radius 3 is 2.33 bits per heavy atom. The molecule has 1 heterocycles. The second-order valence-electron chi connectivity index (χ2n) is 5.65. The number of amides is 1. The number of benzene rings is 2. The predicted octanol–water partition coefficient (Wildman–Crippen LogP) is 5.25. The molecule has 0 aliphatic heterocycles. The van der Waals surface area contributed by atoms with Crippen LogP contribution < -0.4 is 5.32 Å². The monoisotopic (exact) mass is 336 g/mol. The third-order valence-electron chi connectivity index (χ3n) is 4.00. The van der Waals surface area contributed by atoms with Crippen molar-refractivity contribution in [3.05, 3.63) is 71.1 Å². The van der Waals surface area contributed by atoms with Gasteiger partial charge in [-0.05, 0) is 18.9 Å². The zero-order valence-corrected chi connectivity index (χ0v) is 14.6. The first-order chi connectivity index (χ1) is 11.7. The summed E-state index contributed by atoms with van der Waals surface area (Å²) in [6.45, 7) is 4.06. The number of aryl methyl sites for hydroxylation is 1. The Labute approximate surface area is 146 Å². The van der Waals surface area contributed by atoms with E-state index in [1.807, 2.05) is 74.5 Å². The summed E-state index contributed by atoms with van der Waals surface area (Å²) in [5.74, 6) is -0.160. The SMILES string of the molecule is CCC(C(=O)Nc1nc(-c2ccccc2)c(C)s1)c1ccccc1. The summed E-state index contributed by atoms with van der Waals surface area (Å²) in [7, 11) is 0. The van der Waals surface area contributed by atoms with Crippen molar-refractivity contribution in [3.8, 4) is 11.3 Å². The number of hydrogen-bond acceptors (Lipinski definition) is 3. The highest BCUT2D eigenvalue weighted by molar-refractivity contribution is 7.16. The molecule has 1 atom stereocenters. The number of anilines is 1. The average molecular weight is 336 g/mol. The summed E-state index contributed by atoms with van der Waals surface area (Å²) in [5.41, 5.74) is 3.04. The van der Waals surface area contributed by atoms with Crippen LogP contribution in [0.3, 0.4) is 0 Å². The molecule has 3 rings (SSSR count). The van der Waals surface area contributed by atoms with Crippen LogP contribution in [0.1, 0.15) is 29.7 Å². The largest absolute Gasteiger partial charge is 0.301 e. The minimum absolute atomic E-state index is 0.00272. The normalized spacial score (nSPS) is 11.9. The Hall–Kier alpha value is -2.46. The number of carbonyl (C=O) groups is 1. The van der Waals surface area contributed by atoms with Gasteiger partial charge in [-0.3, -0.25) is 4.79 Å². The molecule has 3 aromatic rings. The first-order valence-corrected chi connectivity index (χ1v) is 8.89. The standard InChI is InChI=1S/C20H20N2OS/c1-3-17(15-10-6-4-7-11-15)19(23)22-20-21-18(14(2)24-20)16-12-8-5-9-13-16/h4-13,17H,3H2,1-2H3,(H,21,22,23). The van der Waals surface area contributed by atoms with E-state index in [0.29, 0.717) is 5.13 Å². The van der Waals surface area contributed by atoms with Gasteiger partial charge in [0, 0.05) is 10.4 Å². The molecule has 2 aromatic carbocycles. The Bertz CT molecular complexity index is 812. The fourth-order valence-electron chi connectivity index (χ4n) is 2.76. The number of rotatable bonds is 5. The average Bonchev–Trinajstić information content (AvgIpc) is 2.97. The molecular weight excluding hydrogens is 316 g/mol. The lowest BCUT2D eigenvalue weighted by Gasteiger charge is -2.14. The smallest absolute Gasteiger partial charge is 0.233 e. The van der Waals surface area contributed by atoms with E-state index in [-0.39, 0.29) is 11.8 Å². The lowest BCUT2D eigenvalue weighted by atomic mass is 9.96. The molecule has 0 bridgehead atoms. The maximum absolute atomic E-state index is 12.7. The zero-order chi connectivity index (χ0) is 16.9. The van der Waals surface area contributed by atoms with Gasteiger partial charge in [0.25, 0.3) is 0 Å². The van der Waals surface area contributed by atoms with Gasteiger partial charge < -0.3 is 5.32 Å². The molecule has 1 aromatic heterocycles. The highest BCUT2D eigenvalue weighted by Gasteiger charge is 2.20. The van der Waals surface area contributed by atoms with Crippen molar-refractivity contribution in [2.75, 3.05) is 5.32 Å². The molecule has 24 heavy (non-hydrogen) atoms. The van der Waals surface area contributed by atoms with Gasteiger partial charge in [-0.2, -0.15) is 0 Å². The van der Waals surface area contributed by atoms with Gasteiger partial charge in [0.15, 0.2) is 5.13 Å². The summed E-state index contributed by atoms with van der Waals surface area (Å²) < 4.78 is 0. The van der Waals surface area contributed by atoms with Crippen LogP contribution in [-0.4, -0.2) is 10.9 Å². The van der Waals surface area contributed by atoms with Gasteiger partial charge in [0.1, 0.15) is 0 Å². The molecule has 1 N–H and O–H groups in total. The summed E-state index contributed by atoms with van der Waals surface area (Å²) in [4.78, 5) is 18.4. The van der Waals surface area contributed by atoms with Gasteiger partial charge in [-0.1, -0.05) is 67.6 Å². The van der Waals surface area contributed by atoms with Gasteiger partial charge in [-0.15, -0.1) is 11.3 Å². The molecule has 4 heteroatoms. The van der Waals surface area contributed by atoms with Crippen LogP contribution in [0.4, 0.5) is 5.13 Å². The predicted molar refractivity (Wildman–Crippen MR) is 100 cm³/mol. The van der Waals surface area contributed by atoms with Crippen molar-refractivity contribution in [2.24, 2.45) is 0 Å². The lowest BCUT2D eigenvalue weighted by Crippen LogP contribution is -2.20. The van der Waals surface area contributed by atoms with Gasteiger partial charge in [0.2, 0.25) is 5.91 Å². The van der Waals surface area contributed by atoms with E-state index >= 15 is 0 Å². The van der Waals surface area contributed by atoms with Crippen LogP contribution in [-0.2, 0) is 4.79 Å². The third kappa shape index (κ3) is 3.54. The maximum Gasteiger partial charge on any atom is 0.233 e. The van der Waals surface area contributed by atoms with Gasteiger partial charge in [0.05, 0.1) is 11.6 Å². The number of thiazole rings is 1. The topological polar surface area (TPSA) is 42.0 Å². The van der Waals surface area contributed by atoms with Crippen LogP contribution in [0, 0.1) is 6.92 Å². The van der Waals surface area contributed by atoms with E-state index in [1.54, 1.807) is 0 Å². The second-order valence-corrected chi connectivity index (χ2v) is 6.85. The Morgan fingerprint density at radius 2 is 1.71 bits per heavy atom. The van der Waals surface area contributed by atoms with Crippen LogP contribution in [0.2, 0.25) is 0 Å². The van der Waals surface area contributed by atoms with Crippen LogP contribution in [0.15, 0.2) is 60.7 Å². The van der Waals surface area contributed by atoms with Crippen LogP contribution >= 0.6 is 11.3 Å². The van der Waals surface area contributed by atoms with E-state index in [9.17, 15) is 4.79 Å². The number of hydrogen-bond donors (Lipinski definition) is 1. The summed E-state index contributed by atoms with van der Waals surface area (Å²) >= 11 is 1.52. The molecule has 0 saturated carbocycles. The minimum Gasteiger partial charge on any atom is -0.301 e. The third-order valence-corrected chi connectivity index (χ3v) is 4.89. The van der Waals surface area contributed by atoms with Gasteiger partial charge in [-0.25, -0.2) is 4.98 Å². The first-order valence-electron chi connectivity index (χ1n) is 8.07. The Kier molecular flexibility index (Phi) is 5.06. The van der Waals surface area contributed by atoms with Crippen molar-refractivity contribution >= 4 is 22.4 Å². The Morgan fingerprint density at radius 1 is 1.08 bits per heavy atom. The van der Waals surface area contributed by atoms with Crippen LogP contribution in [0.25, 0.3) is 11.3 Å². The van der Waals surface area contributed by atoms with E-state index in [0.717, 1.165) is 28.1 Å². The number of carbonyl (C=O) groups excluding carboxylic acids is 1. The lowest BCUT2D eigenvalue weighted by molar-refractivity contribution is -0.117. The van der Waals surface area contributed by atoms with Crippen LogP contribution in [0.5, 0.6) is 0 Å². The number of aromatic nitrogens is 1. The molecule has 0 aliphatic carbocycles. The molecule has 122 valence electrons. The van der Waals surface area contributed by atoms with E-state index < -0.39 is 0 Å². The highest BCUT2D eigenvalue weighted by Crippen LogP contribution is 2.31. The molecule has 0 fully saturated rings. The summed E-state index contributed by atoms with van der Waals surface area (Å²) in [6.07, 6.45) is 0.756. The van der Waals surface area contributed by atoms with Gasteiger partial charge >= 0.3 is 0 Å². The van der Waals surface area contributed by atoms with E-state index in [4.69, 9.17) is 0 Å². The van der Waals surface area contributed by atoms with Crippen molar-refractivity contribution in [3.63, 3.8) is 0 Å². The molecule has 0 spiro atoms. The molecular formula is C20H20N2OS. The zero-order valence-electron chi connectivity index (χ0n) is 13.8. The summed E-state index contributed by atoms with van der Waals surface area (Å²) in [5, 5.41) is 3.65. The number of nitrogens with one attached hydrogen (secondary N) is 1. The number of nitrogens with zero attached hydrogens (tertiary/aromatic N) is 1. The molecule has 1 amide bonds. The highest BCUT2D eigenvalue weighted by atomic mass is 32.1. The molecule has 0 aliphatic rings. The fourth-order valence-corrected chi connectivity index (χ4v) is 3.60. The fraction of sp³-hybridized carbons (Fsp3) is 0.200. The molecule has 1 unspecified atom stereocenters. The molecule has 3 nitrogen and oxygen atoms in total. The summed E-state index contributed by atoms with van der Waals surface area (Å²) in [6, 6.07) is 19.9.